The van der Waals surface area contributed by atoms with Crippen LogP contribution in [0.1, 0.15) is 99.8 Å². The number of Topliss-reactive ketones (excluding diaryl/α,β-unsaturated/α-hetero) is 2. The normalized spacial score (nSPS) is 43.8. The lowest BCUT2D eigenvalue weighted by atomic mass is 9.31. The number of allylic oxidation sites excluding steroid dienone is 2. The van der Waals surface area contributed by atoms with Crippen molar-refractivity contribution in [1.82, 2.24) is 4.72 Å². The number of sulfonamides is 1. The molecule has 0 spiro atoms. The first-order valence-electron chi connectivity index (χ1n) is 15.7. The summed E-state index contributed by atoms with van der Waals surface area (Å²) in [6.45, 7) is 14.7. The van der Waals surface area contributed by atoms with E-state index in [2.05, 4.69) is 45.4 Å². The topological polar surface area (TPSA) is 104 Å². The number of carbonyl (C=O) groups is 2. The van der Waals surface area contributed by atoms with Crippen molar-refractivity contribution < 1.29 is 31.2 Å². The summed E-state index contributed by atoms with van der Waals surface area (Å²) in [4.78, 5) is 27.8. The number of nitrogens with one attached hydrogen (secondary N) is 1. The van der Waals surface area contributed by atoms with Gasteiger partial charge in [-0.1, -0.05) is 54.5 Å². The number of hydrogen-bond donors (Lipinski definition) is 1. The Balaban J connectivity index is 1.56. The van der Waals surface area contributed by atoms with Gasteiger partial charge in [0.15, 0.2) is 11.5 Å². The van der Waals surface area contributed by atoms with Gasteiger partial charge in [-0.2, -0.15) is 18.4 Å². The molecule has 0 bridgehead atoms. The summed E-state index contributed by atoms with van der Waals surface area (Å²) in [5, 5.41) is 9.91. The van der Waals surface area contributed by atoms with Crippen LogP contribution in [0.4, 0.5) is 13.2 Å². The fourth-order valence-electron chi connectivity index (χ4n) is 11.2. The van der Waals surface area contributed by atoms with E-state index in [1.165, 1.54) is 0 Å². The standard InChI is InChI=1S/C33H47F3N2O4S/c1-27(2)10-12-32(18-38-43(41,42)19-33(34,35)36)13-11-31(7)25(21(32)16-27)22(39)14-24-29(5)15-20(17-37)26(40)28(3,4)23(29)8-9-30(24,31)6/h15,21,23-25,38H,8-14,16,18-19H2,1-7H3/t21-,23+,24-,25?,29+,30-,31-,32-/m1/s1. The Morgan fingerprint density at radius 1 is 0.953 bits per heavy atom. The Morgan fingerprint density at radius 3 is 2.19 bits per heavy atom. The Labute approximate surface area is 254 Å². The number of nitrogens with zero attached hydrogens (tertiary/aromatic N) is 1. The molecule has 1 N–H and O–H groups in total. The van der Waals surface area contributed by atoms with Gasteiger partial charge in [0.05, 0.1) is 5.57 Å². The Morgan fingerprint density at radius 2 is 1.58 bits per heavy atom. The van der Waals surface area contributed by atoms with Crippen molar-refractivity contribution >= 4 is 21.6 Å². The monoisotopic (exact) mass is 624 g/mol. The smallest absolute Gasteiger partial charge is 0.299 e. The van der Waals surface area contributed by atoms with E-state index in [4.69, 9.17) is 0 Å². The highest BCUT2D eigenvalue weighted by Crippen LogP contribution is 2.75. The molecule has 0 aliphatic heterocycles. The van der Waals surface area contributed by atoms with Crippen LogP contribution in [0.2, 0.25) is 0 Å². The van der Waals surface area contributed by atoms with Crippen LogP contribution in [-0.2, 0) is 19.6 Å². The number of ketones is 2. The molecular weight excluding hydrogens is 577 g/mol. The van der Waals surface area contributed by atoms with Crippen LogP contribution >= 0.6 is 0 Å². The summed E-state index contributed by atoms with van der Waals surface area (Å²) in [6.07, 6.45) is 2.47. The van der Waals surface area contributed by atoms with Gasteiger partial charge in [-0.15, -0.1) is 0 Å². The lowest BCUT2D eigenvalue weighted by Gasteiger charge is -2.72. The Hall–Kier alpha value is -1.73. The van der Waals surface area contributed by atoms with Gasteiger partial charge < -0.3 is 0 Å². The van der Waals surface area contributed by atoms with E-state index in [-0.39, 0.29) is 58.2 Å². The highest BCUT2D eigenvalue weighted by Gasteiger charge is 2.72. The molecule has 5 aliphatic rings. The van der Waals surface area contributed by atoms with Crippen LogP contribution in [0.15, 0.2) is 11.6 Å². The number of alkyl halides is 3. The third-order valence-electron chi connectivity index (χ3n) is 13.6. The van der Waals surface area contributed by atoms with Crippen LogP contribution < -0.4 is 4.72 Å². The summed E-state index contributed by atoms with van der Waals surface area (Å²) in [5.74, 6) is -2.48. The van der Waals surface area contributed by atoms with E-state index >= 15 is 0 Å². The number of halogens is 3. The van der Waals surface area contributed by atoms with Gasteiger partial charge in [-0.25, -0.2) is 13.1 Å². The molecule has 4 fully saturated rings. The Kier molecular flexibility index (Phi) is 7.32. The molecule has 240 valence electrons. The zero-order valence-electron chi connectivity index (χ0n) is 26.6. The largest absolute Gasteiger partial charge is 0.404 e. The molecule has 0 amide bonds. The fraction of sp³-hybridized carbons (Fsp3) is 0.848. The average molecular weight is 625 g/mol. The number of carbonyl (C=O) groups excluding carboxylic acids is 2. The molecule has 0 saturated heterocycles. The van der Waals surface area contributed by atoms with Crippen LogP contribution in [0, 0.1) is 67.5 Å². The molecule has 0 aromatic heterocycles. The first-order chi connectivity index (χ1) is 19.5. The van der Waals surface area contributed by atoms with E-state index in [0.717, 1.165) is 19.3 Å². The first kappa shape index (κ1) is 32.7. The molecule has 4 saturated carbocycles. The molecule has 1 unspecified atom stereocenters. The Bertz CT molecular complexity index is 1410. The van der Waals surface area contributed by atoms with Crippen molar-refractivity contribution in [3.63, 3.8) is 0 Å². The molecule has 10 heteroatoms. The maximum atomic E-state index is 14.6. The third-order valence-corrected chi connectivity index (χ3v) is 14.9. The van der Waals surface area contributed by atoms with E-state index in [9.17, 15) is 36.4 Å². The molecule has 0 aromatic rings. The zero-order chi connectivity index (χ0) is 32.2. The first-order valence-corrected chi connectivity index (χ1v) is 17.4. The van der Waals surface area contributed by atoms with Gasteiger partial charge in [-0.05, 0) is 89.8 Å². The number of rotatable bonds is 4. The molecule has 0 radical (unpaired) electrons. The molecular formula is C33H47F3N2O4S. The molecule has 5 aliphatic carbocycles. The quantitative estimate of drug-likeness (QED) is 0.372. The van der Waals surface area contributed by atoms with E-state index in [0.29, 0.717) is 32.1 Å². The molecule has 0 heterocycles. The highest BCUT2D eigenvalue weighted by molar-refractivity contribution is 7.89. The van der Waals surface area contributed by atoms with Gasteiger partial charge in [0.2, 0.25) is 10.0 Å². The summed E-state index contributed by atoms with van der Waals surface area (Å²) < 4.78 is 66.4. The summed E-state index contributed by atoms with van der Waals surface area (Å²) in [6, 6.07) is 2.14. The SMILES string of the molecule is CC1(C)CC[C@]2(CNS(=O)(=O)CC(F)(F)F)CC[C@]3(C)C(C(=O)C[C@@H]4[C@@]5(C)C=C(C#N)C(=O)C(C)(C)[C@@H]5CC[C@]43C)[C@H]2C1. The molecule has 43 heavy (non-hydrogen) atoms. The van der Waals surface area contributed by atoms with Crippen molar-refractivity contribution in [1.29, 1.82) is 5.26 Å². The van der Waals surface area contributed by atoms with E-state index in [1.807, 2.05) is 19.9 Å². The second kappa shape index (κ2) is 9.64. The van der Waals surface area contributed by atoms with Crippen molar-refractivity contribution in [2.45, 2.75) is 106 Å². The minimum Gasteiger partial charge on any atom is -0.299 e. The second-order valence-electron chi connectivity index (χ2n) is 16.7. The van der Waals surface area contributed by atoms with Gasteiger partial charge >= 0.3 is 6.18 Å². The maximum absolute atomic E-state index is 14.6. The molecule has 8 atom stereocenters. The lowest BCUT2D eigenvalue weighted by Crippen LogP contribution is -2.69. The molecule has 6 nitrogen and oxygen atoms in total. The second-order valence-corrected chi connectivity index (χ2v) is 18.6. The van der Waals surface area contributed by atoms with Crippen LogP contribution in [0.25, 0.3) is 0 Å². The number of hydrogen-bond acceptors (Lipinski definition) is 5. The minimum absolute atomic E-state index is 0.00467. The van der Waals surface area contributed by atoms with Crippen LogP contribution in [-0.4, -0.2) is 38.5 Å². The lowest BCUT2D eigenvalue weighted by molar-refractivity contribution is -0.221. The van der Waals surface area contributed by atoms with Crippen LogP contribution in [0.3, 0.4) is 0 Å². The van der Waals surface area contributed by atoms with Gasteiger partial charge in [0, 0.05) is 24.3 Å². The van der Waals surface area contributed by atoms with E-state index in [1.54, 1.807) is 0 Å². The van der Waals surface area contributed by atoms with Gasteiger partial charge in [0.1, 0.15) is 11.9 Å². The highest BCUT2D eigenvalue weighted by atomic mass is 32.2. The molecule has 0 aromatic carbocycles. The van der Waals surface area contributed by atoms with Gasteiger partial charge in [-0.3, -0.25) is 9.59 Å². The number of fused-ring (bicyclic) bond motifs is 7. The van der Waals surface area contributed by atoms with Crippen LogP contribution in [0.5, 0.6) is 0 Å². The maximum Gasteiger partial charge on any atom is 0.404 e. The summed E-state index contributed by atoms with van der Waals surface area (Å²) in [7, 11) is -4.58. The predicted molar refractivity (Wildman–Crippen MR) is 157 cm³/mol. The van der Waals surface area contributed by atoms with Gasteiger partial charge in [0.25, 0.3) is 0 Å². The van der Waals surface area contributed by atoms with Crippen molar-refractivity contribution in [3.05, 3.63) is 11.6 Å². The fourth-order valence-corrected chi connectivity index (χ4v) is 12.3. The van der Waals surface area contributed by atoms with Crippen molar-refractivity contribution in [2.24, 2.45) is 56.2 Å². The predicted octanol–water partition coefficient (Wildman–Crippen LogP) is 6.77. The number of nitriles is 1. The van der Waals surface area contributed by atoms with E-state index < -0.39 is 43.6 Å². The van der Waals surface area contributed by atoms with Crippen molar-refractivity contribution in [3.8, 4) is 6.07 Å². The minimum atomic E-state index is -4.83. The summed E-state index contributed by atoms with van der Waals surface area (Å²) >= 11 is 0. The zero-order valence-corrected chi connectivity index (χ0v) is 27.4. The third kappa shape index (κ3) is 4.85. The summed E-state index contributed by atoms with van der Waals surface area (Å²) in [5.41, 5.74) is -2.45. The average Bonchev–Trinajstić information content (AvgIpc) is 2.85. The van der Waals surface area contributed by atoms with Crippen molar-refractivity contribution in [2.75, 3.05) is 12.3 Å². The molecule has 5 rings (SSSR count).